The van der Waals surface area contributed by atoms with Crippen molar-refractivity contribution in [1.29, 1.82) is 0 Å². The van der Waals surface area contributed by atoms with E-state index in [1.165, 1.54) is 16.5 Å². The average molecular weight is 317 g/mol. The van der Waals surface area contributed by atoms with Crippen LogP contribution >= 0.6 is 0 Å². The van der Waals surface area contributed by atoms with Crippen LogP contribution in [0.25, 0.3) is 10.9 Å². The van der Waals surface area contributed by atoms with Gasteiger partial charge in [-0.3, -0.25) is 0 Å². The summed E-state index contributed by atoms with van der Waals surface area (Å²) in [4.78, 5) is 16.3. The van der Waals surface area contributed by atoms with Gasteiger partial charge in [-0.1, -0.05) is 18.2 Å². The number of nitrogens with one attached hydrogen (secondary N) is 1. The van der Waals surface area contributed by atoms with Gasteiger partial charge in [-0.05, 0) is 30.0 Å². The molecular formula is C19H19N5. The van der Waals surface area contributed by atoms with Crippen molar-refractivity contribution in [1.82, 2.24) is 24.5 Å². The van der Waals surface area contributed by atoms with Gasteiger partial charge in [0.2, 0.25) is 0 Å². The standard InChI is InChI=1S/C19H19N5/c1-13-21-8-6-15(23-13)10-17(18-11-20-12-22-18)16-5-3-4-14-7-9-24(2)19(14)16/h3-9,11-12,17H,10H2,1-2H3,(H,20,22). The van der Waals surface area contributed by atoms with E-state index in [0.717, 1.165) is 23.6 Å². The number of aromatic amines is 1. The second kappa shape index (κ2) is 5.92. The molecule has 0 fully saturated rings. The van der Waals surface area contributed by atoms with Crippen LogP contribution in [0.15, 0.2) is 55.2 Å². The van der Waals surface area contributed by atoms with E-state index in [4.69, 9.17) is 0 Å². The van der Waals surface area contributed by atoms with E-state index >= 15 is 0 Å². The van der Waals surface area contributed by atoms with Gasteiger partial charge in [-0.25, -0.2) is 15.0 Å². The van der Waals surface area contributed by atoms with Gasteiger partial charge < -0.3 is 9.55 Å². The maximum Gasteiger partial charge on any atom is 0.125 e. The Balaban J connectivity index is 1.85. The summed E-state index contributed by atoms with van der Waals surface area (Å²) in [5.41, 5.74) is 4.66. The maximum absolute atomic E-state index is 4.59. The third kappa shape index (κ3) is 2.58. The number of hydrogen-bond donors (Lipinski definition) is 1. The van der Waals surface area contributed by atoms with Crippen molar-refractivity contribution in [2.24, 2.45) is 7.05 Å². The second-order valence-corrected chi connectivity index (χ2v) is 6.07. The minimum Gasteiger partial charge on any atom is -0.350 e. The zero-order valence-electron chi connectivity index (χ0n) is 13.8. The van der Waals surface area contributed by atoms with Crippen molar-refractivity contribution in [2.45, 2.75) is 19.3 Å². The predicted molar refractivity (Wildman–Crippen MR) is 93.8 cm³/mol. The molecule has 0 aliphatic heterocycles. The number of rotatable bonds is 4. The van der Waals surface area contributed by atoms with Crippen LogP contribution in [0, 0.1) is 6.92 Å². The van der Waals surface area contributed by atoms with Crippen molar-refractivity contribution >= 4 is 10.9 Å². The van der Waals surface area contributed by atoms with Gasteiger partial charge >= 0.3 is 0 Å². The third-order valence-electron chi connectivity index (χ3n) is 4.45. The number of aryl methyl sites for hydroxylation is 2. The highest BCUT2D eigenvalue weighted by Crippen LogP contribution is 2.32. The monoisotopic (exact) mass is 317 g/mol. The molecule has 1 N–H and O–H groups in total. The normalized spacial score (nSPS) is 12.6. The summed E-state index contributed by atoms with van der Waals surface area (Å²) in [6.07, 6.45) is 8.37. The first-order valence-electron chi connectivity index (χ1n) is 8.03. The number of para-hydroxylation sites is 1. The molecule has 0 radical (unpaired) electrons. The largest absolute Gasteiger partial charge is 0.350 e. The molecular weight excluding hydrogens is 298 g/mol. The molecule has 0 aliphatic carbocycles. The van der Waals surface area contributed by atoms with E-state index in [1.54, 1.807) is 6.33 Å². The lowest BCUT2D eigenvalue weighted by molar-refractivity contribution is 0.752. The lowest BCUT2D eigenvalue weighted by Gasteiger charge is -2.18. The van der Waals surface area contributed by atoms with Crippen LogP contribution in [-0.4, -0.2) is 24.5 Å². The van der Waals surface area contributed by atoms with Gasteiger partial charge in [0.05, 0.1) is 11.8 Å². The zero-order valence-corrected chi connectivity index (χ0v) is 13.8. The lowest BCUT2D eigenvalue weighted by Crippen LogP contribution is -2.09. The fourth-order valence-electron chi connectivity index (χ4n) is 3.34. The summed E-state index contributed by atoms with van der Waals surface area (Å²) >= 11 is 0. The fourth-order valence-corrected chi connectivity index (χ4v) is 3.34. The SMILES string of the molecule is Cc1nccc(CC(c2cnc[nH]2)c2cccc3ccn(C)c23)n1. The molecule has 4 rings (SSSR count). The van der Waals surface area contributed by atoms with Gasteiger partial charge in [0.1, 0.15) is 5.82 Å². The van der Waals surface area contributed by atoms with Crippen LogP contribution in [0.2, 0.25) is 0 Å². The molecule has 24 heavy (non-hydrogen) atoms. The smallest absolute Gasteiger partial charge is 0.125 e. The van der Waals surface area contributed by atoms with Gasteiger partial charge in [0, 0.05) is 49.4 Å². The van der Waals surface area contributed by atoms with Crippen molar-refractivity contribution in [3.63, 3.8) is 0 Å². The van der Waals surface area contributed by atoms with Crippen LogP contribution in [0.1, 0.15) is 28.7 Å². The molecule has 0 aliphatic rings. The topological polar surface area (TPSA) is 59.4 Å². The molecule has 5 nitrogen and oxygen atoms in total. The van der Waals surface area contributed by atoms with Gasteiger partial charge in [-0.15, -0.1) is 0 Å². The molecule has 5 heteroatoms. The summed E-state index contributed by atoms with van der Waals surface area (Å²) < 4.78 is 2.18. The molecule has 4 aromatic rings. The molecule has 3 aromatic heterocycles. The summed E-state index contributed by atoms with van der Waals surface area (Å²) in [5, 5.41) is 1.25. The first-order chi connectivity index (χ1) is 11.7. The second-order valence-electron chi connectivity index (χ2n) is 6.07. The van der Waals surface area contributed by atoms with Crippen LogP contribution in [0.4, 0.5) is 0 Å². The Morgan fingerprint density at radius 2 is 2.12 bits per heavy atom. The highest BCUT2D eigenvalue weighted by atomic mass is 14.9. The molecule has 1 atom stereocenters. The number of fused-ring (bicyclic) bond motifs is 1. The van der Waals surface area contributed by atoms with Crippen molar-refractivity contribution in [3.8, 4) is 0 Å². The van der Waals surface area contributed by atoms with Crippen LogP contribution in [-0.2, 0) is 13.5 Å². The minimum atomic E-state index is 0.166. The van der Waals surface area contributed by atoms with Crippen molar-refractivity contribution in [2.75, 3.05) is 0 Å². The molecule has 3 heterocycles. The molecule has 0 saturated heterocycles. The number of aromatic nitrogens is 5. The Hall–Kier alpha value is -2.95. The van der Waals surface area contributed by atoms with Crippen molar-refractivity contribution in [3.05, 3.63) is 78.0 Å². The average Bonchev–Trinajstić information content (AvgIpc) is 3.23. The van der Waals surface area contributed by atoms with Gasteiger partial charge in [0.15, 0.2) is 0 Å². The molecule has 0 spiro atoms. The number of imidazole rings is 1. The lowest BCUT2D eigenvalue weighted by atomic mass is 9.90. The fraction of sp³-hybridized carbons (Fsp3) is 0.211. The summed E-state index contributed by atoms with van der Waals surface area (Å²) in [7, 11) is 2.09. The van der Waals surface area contributed by atoms with Crippen LogP contribution in [0.5, 0.6) is 0 Å². The maximum atomic E-state index is 4.59. The third-order valence-corrected chi connectivity index (χ3v) is 4.45. The number of nitrogens with zero attached hydrogens (tertiary/aromatic N) is 4. The molecule has 120 valence electrons. The van der Waals surface area contributed by atoms with Gasteiger partial charge in [-0.2, -0.15) is 0 Å². The first kappa shape index (κ1) is 14.6. The molecule has 1 aromatic carbocycles. The quantitative estimate of drug-likeness (QED) is 0.628. The number of H-pyrrole nitrogens is 1. The van der Waals surface area contributed by atoms with E-state index in [-0.39, 0.29) is 5.92 Å². The van der Waals surface area contributed by atoms with Crippen LogP contribution in [0.3, 0.4) is 0 Å². The Bertz CT molecular complexity index is 969. The highest BCUT2D eigenvalue weighted by molar-refractivity contribution is 5.84. The summed E-state index contributed by atoms with van der Waals surface area (Å²) in [6.45, 7) is 1.92. The minimum absolute atomic E-state index is 0.166. The summed E-state index contributed by atoms with van der Waals surface area (Å²) in [6, 6.07) is 10.6. The predicted octanol–water partition coefficient (Wildman–Crippen LogP) is 3.37. The van der Waals surface area contributed by atoms with E-state index in [9.17, 15) is 0 Å². The molecule has 0 amide bonds. The van der Waals surface area contributed by atoms with E-state index in [2.05, 4.69) is 62.0 Å². The molecule has 0 saturated carbocycles. The Morgan fingerprint density at radius 3 is 2.92 bits per heavy atom. The van der Waals surface area contributed by atoms with E-state index < -0.39 is 0 Å². The van der Waals surface area contributed by atoms with Crippen LogP contribution < -0.4 is 0 Å². The Kier molecular flexibility index (Phi) is 3.61. The Labute approximate surface area is 140 Å². The van der Waals surface area contributed by atoms with Crippen molar-refractivity contribution < 1.29 is 0 Å². The van der Waals surface area contributed by atoms with E-state index in [1.807, 2.05) is 25.4 Å². The zero-order chi connectivity index (χ0) is 16.5. The number of hydrogen-bond acceptors (Lipinski definition) is 3. The number of benzene rings is 1. The first-order valence-corrected chi connectivity index (χ1v) is 8.03. The Morgan fingerprint density at radius 1 is 1.21 bits per heavy atom. The summed E-state index contributed by atoms with van der Waals surface area (Å²) in [5.74, 6) is 0.965. The highest BCUT2D eigenvalue weighted by Gasteiger charge is 2.20. The molecule has 1 unspecified atom stereocenters. The van der Waals surface area contributed by atoms with E-state index in [0.29, 0.717) is 0 Å². The van der Waals surface area contributed by atoms with Gasteiger partial charge in [0.25, 0.3) is 0 Å². The molecule has 0 bridgehead atoms.